The highest BCUT2D eigenvalue weighted by Crippen LogP contribution is 2.27. The molecule has 1 aliphatic carbocycles. The third-order valence-corrected chi connectivity index (χ3v) is 3.66. The van der Waals surface area contributed by atoms with Crippen LogP contribution in [0.3, 0.4) is 0 Å². The van der Waals surface area contributed by atoms with Crippen molar-refractivity contribution in [2.45, 2.75) is 31.9 Å². The minimum atomic E-state index is -0.121. The number of aromatic amines is 1. The van der Waals surface area contributed by atoms with Gasteiger partial charge in [0.25, 0.3) is 0 Å². The smallest absolute Gasteiger partial charge is 0.330 e. The molecule has 0 bridgehead atoms. The third-order valence-electron chi connectivity index (χ3n) is 3.66. The minimum absolute atomic E-state index is 0.121. The van der Waals surface area contributed by atoms with Crippen molar-refractivity contribution in [2.75, 3.05) is 11.9 Å². The number of nitrogens with zero attached hydrogens (tertiary/aromatic N) is 1. The molecule has 5 heteroatoms. The van der Waals surface area contributed by atoms with Crippen LogP contribution < -0.4 is 11.0 Å². The fourth-order valence-electron chi connectivity index (χ4n) is 2.53. The SMILES string of the molecule is CCOC1CC(Nc2ccc(-n3cc[nH]c3=O)cc2)C1. The maximum absolute atomic E-state index is 11.5. The number of H-pyrrole nitrogens is 1. The number of aromatic nitrogens is 2. The highest BCUT2D eigenvalue weighted by atomic mass is 16.5. The number of imidazole rings is 1. The van der Waals surface area contributed by atoms with Crippen LogP contribution in [0.1, 0.15) is 19.8 Å². The Morgan fingerprint density at radius 1 is 1.35 bits per heavy atom. The molecule has 0 atom stereocenters. The lowest BCUT2D eigenvalue weighted by Gasteiger charge is -2.36. The van der Waals surface area contributed by atoms with Gasteiger partial charge in [-0.05, 0) is 44.0 Å². The summed E-state index contributed by atoms with van der Waals surface area (Å²) in [7, 11) is 0. The van der Waals surface area contributed by atoms with Crippen LogP contribution in [0.25, 0.3) is 5.69 Å². The molecule has 106 valence electrons. The molecule has 0 radical (unpaired) electrons. The minimum Gasteiger partial charge on any atom is -0.382 e. The van der Waals surface area contributed by atoms with E-state index in [9.17, 15) is 4.79 Å². The summed E-state index contributed by atoms with van der Waals surface area (Å²) in [5.41, 5.74) is 1.82. The maximum Gasteiger partial charge on any atom is 0.330 e. The number of hydrogen-bond acceptors (Lipinski definition) is 3. The molecule has 5 nitrogen and oxygen atoms in total. The summed E-state index contributed by atoms with van der Waals surface area (Å²) in [6.45, 7) is 2.82. The molecule has 20 heavy (non-hydrogen) atoms. The molecule has 1 fully saturated rings. The molecule has 2 N–H and O–H groups in total. The van der Waals surface area contributed by atoms with Gasteiger partial charge in [-0.25, -0.2) is 4.79 Å². The topological polar surface area (TPSA) is 59.0 Å². The largest absolute Gasteiger partial charge is 0.382 e. The Bertz CT molecular complexity index is 609. The Labute approximate surface area is 117 Å². The van der Waals surface area contributed by atoms with Crippen LogP contribution in [0.4, 0.5) is 5.69 Å². The van der Waals surface area contributed by atoms with E-state index in [4.69, 9.17) is 4.74 Å². The van der Waals surface area contributed by atoms with Crippen molar-refractivity contribution in [2.24, 2.45) is 0 Å². The zero-order chi connectivity index (χ0) is 13.9. The second-order valence-electron chi connectivity index (χ2n) is 5.07. The van der Waals surface area contributed by atoms with E-state index in [1.807, 2.05) is 31.2 Å². The lowest BCUT2D eigenvalue weighted by atomic mass is 9.89. The number of hydrogen-bond donors (Lipinski definition) is 2. The van der Waals surface area contributed by atoms with Crippen molar-refractivity contribution in [3.8, 4) is 5.69 Å². The first-order valence-electron chi connectivity index (χ1n) is 7.01. The van der Waals surface area contributed by atoms with Crippen molar-refractivity contribution >= 4 is 5.69 Å². The molecule has 0 spiro atoms. The molecule has 0 unspecified atom stereocenters. The summed E-state index contributed by atoms with van der Waals surface area (Å²) < 4.78 is 7.13. The van der Waals surface area contributed by atoms with E-state index in [0.717, 1.165) is 30.8 Å². The predicted molar refractivity (Wildman–Crippen MR) is 78.4 cm³/mol. The molecule has 0 saturated heterocycles. The van der Waals surface area contributed by atoms with Gasteiger partial charge in [-0.15, -0.1) is 0 Å². The van der Waals surface area contributed by atoms with Crippen LogP contribution in [-0.4, -0.2) is 28.3 Å². The number of rotatable bonds is 5. The van der Waals surface area contributed by atoms with Gasteiger partial charge in [-0.2, -0.15) is 0 Å². The Kier molecular flexibility index (Phi) is 3.60. The van der Waals surface area contributed by atoms with Crippen LogP contribution in [0.15, 0.2) is 41.5 Å². The zero-order valence-electron chi connectivity index (χ0n) is 11.5. The normalized spacial score (nSPS) is 21.4. The number of ether oxygens (including phenoxy) is 1. The fourth-order valence-corrected chi connectivity index (χ4v) is 2.53. The van der Waals surface area contributed by atoms with Crippen LogP contribution in [-0.2, 0) is 4.74 Å². The lowest BCUT2D eigenvalue weighted by Crippen LogP contribution is -2.40. The van der Waals surface area contributed by atoms with Gasteiger partial charge in [0.1, 0.15) is 0 Å². The van der Waals surface area contributed by atoms with Crippen LogP contribution >= 0.6 is 0 Å². The zero-order valence-corrected chi connectivity index (χ0v) is 11.5. The summed E-state index contributed by atoms with van der Waals surface area (Å²) in [5.74, 6) is 0. The number of benzene rings is 1. The monoisotopic (exact) mass is 273 g/mol. The fraction of sp³-hybridized carbons (Fsp3) is 0.400. The van der Waals surface area contributed by atoms with Gasteiger partial charge in [0.2, 0.25) is 0 Å². The number of nitrogens with one attached hydrogen (secondary N) is 2. The summed E-state index contributed by atoms with van der Waals surface area (Å²) in [6, 6.07) is 8.38. The highest BCUT2D eigenvalue weighted by molar-refractivity contribution is 5.49. The molecule has 0 amide bonds. The Morgan fingerprint density at radius 3 is 2.70 bits per heavy atom. The molecule has 1 aromatic carbocycles. The van der Waals surface area contributed by atoms with E-state index >= 15 is 0 Å². The summed E-state index contributed by atoms with van der Waals surface area (Å²) >= 11 is 0. The van der Waals surface area contributed by atoms with E-state index in [-0.39, 0.29) is 5.69 Å². The standard InChI is InChI=1S/C15H19N3O2/c1-2-20-14-9-12(10-14)17-11-3-5-13(6-4-11)18-8-7-16-15(18)19/h3-8,12,14,17H,2,9-10H2,1H3,(H,16,19). The molecule has 3 rings (SSSR count). The van der Waals surface area contributed by atoms with Crippen LogP contribution in [0, 0.1) is 0 Å². The predicted octanol–water partition coefficient (Wildman–Crippen LogP) is 2.14. The molecule has 0 aliphatic heterocycles. The molecule has 1 heterocycles. The van der Waals surface area contributed by atoms with Gasteiger partial charge < -0.3 is 15.0 Å². The molecular weight excluding hydrogens is 254 g/mol. The van der Waals surface area contributed by atoms with Crippen LogP contribution in [0.5, 0.6) is 0 Å². The van der Waals surface area contributed by atoms with Gasteiger partial charge >= 0.3 is 5.69 Å². The third kappa shape index (κ3) is 2.63. The van der Waals surface area contributed by atoms with E-state index in [0.29, 0.717) is 12.1 Å². The first kappa shape index (κ1) is 13.0. The van der Waals surface area contributed by atoms with Gasteiger partial charge in [0.15, 0.2) is 0 Å². The van der Waals surface area contributed by atoms with Crippen molar-refractivity contribution < 1.29 is 4.74 Å². The summed E-state index contributed by atoms with van der Waals surface area (Å²) in [6.07, 6.45) is 5.90. The summed E-state index contributed by atoms with van der Waals surface area (Å²) in [4.78, 5) is 14.1. The maximum atomic E-state index is 11.5. The van der Waals surface area contributed by atoms with E-state index < -0.39 is 0 Å². The van der Waals surface area contributed by atoms with Gasteiger partial charge in [0.05, 0.1) is 11.8 Å². The number of anilines is 1. The molecule has 1 aromatic heterocycles. The first-order valence-corrected chi connectivity index (χ1v) is 7.01. The Morgan fingerprint density at radius 2 is 2.10 bits per heavy atom. The Hall–Kier alpha value is -2.01. The summed E-state index contributed by atoms with van der Waals surface area (Å²) in [5, 5.41) is 3.48. The van der Waals surface area contributed by atoms with Gasteiger partial charge in [-0.3, -0.25) is 4.57 Å². The molecular formula is C15H19N3O2. The van der Waals surface area contributed by atoms with E-state index in [1.54, 1.807) is 17.0 Å². The average molecular weight is 273 g/mol. The quantitative estimate of drug-likeness (QED) is 0.877. The highest BCUT2D eigenvalue weighted by Gasteiger charge is 2.29. The van der Waals surface area contributed by atoms with Crippen LogP contribution in [0.2, 0.25) is 0 Å². The molecule has 2 aromatic rings. The van der Waals surface area contributed by atoms with Crippen molar-refractivity contribution in [3.63, 3.8) is 0 Å². The first-order chi connectivity index (χ1) is 9.76. The average Bonchev–Trinajstić information content (AvgIpc) is 2.83. The van der Waals surface area contributed by atoms with Gasteiger partial charge in [0, 0.05) is 30.7 Å². The van der Waals surface area contributed by atoms with Crippen molar-refractivity contribution in [3.05, 3.63) is 47.1 Å². The lowest BCUT2D eigenvalue weighted by molar-refractivity contribution is 0.00299. The van der Waals surface area contributed by atoms with E-state index in [1.165, 1.54) is 0 Å². The van der Waals surface area contributed by atoms with Crippen molar-refractivity contribution in [1.29, 1.82) is 0 Å². The molecule has 1 saturated carbocycles. The Balaban J connectivity index is 1.60. The second kappa shape index (κ2) is 5.54. The molecule has 1 aliphatic rings. The second-order valence-corrected chi connectivity index (χ2v) is 5.07. The van der Waals surface area contributed by atoms with Crippen molar-refractivity contribution in [1.82, 2.24) is 9.55 Å². The van der Waals surface area contributed by atoms with E-state index in [2.05, 4.69) is 10.3 Å². The van der Waals surface area contributed by atoms with Gasteiger partial charge in [-0.1, -0.05) is 0 Å².